The molecule has 0 radical (unpaired) electrons. The molecular formula is C30H24N2O2. The van der Waals surface area contributed by atoms with Crippen molar-refractivity contribution in [1.82, 2.24) is 0 Å². The third-order valence-corrected chi connectivity index (χ3v) is 6.19. The van der Waals surface area contributed by atoms with Gasteiger partial charge in [-0.25, -0.2) is 9.98 Å². The van der Waals surface area contributed by atoms with Crippen LogP contribution in [0, 0.1) is 0 Å². The van der Waals surface area contributed by atoms with Crippen LogP contribution in [0.5, 0.6) is 0 Å². The second-order valence-corrected chi connectivity index (χ2v) is 8.26. The van der Waals surface area contributed by atoms with Crippen LogP contribution in [0.4, 0.5) is 0 Å². The molecule has 0 atom stereocenters. The molecule has 0 saturated heterocycles. The summed E-state index contributed by atoms with van der Waals surface area (Å²) in [6.07, 6.45) is 0. The smallest absolute Gasteiger partial charge is 0.217 e. The maximum atomic E-state index is 6.03. The highest BCUT2D eigenvalue weighted by atomic mass is 16.5. The Morgan fingerprint density at radius 2 is 0.853 bits per heavy atom. The minimum atomic E-state index is 0.602. The lowest BCUT2D eigenvalue weighted by atomic mass is 9.86. The van der Waals surface area contributed by atoms with Crippen molar-refractivity contribution in [2.45, 2.75) is 0 Å². The van der Waals surface area contributed by atoms with Gasteiger partial charge in [0.25, 0.3) is 0 Å². The molecule has 166 valence electrons. The number of ether oxygens (including phenoxy) is 2. The highest BCUT2D eigenvalue weighted by Gasteiger charge is 2.26. The lowest BCUT2D eigenvalue weighted by Crippen LogP contribution is -2.10. The van der Waals surface area contributed by atoms with Crippen LogP contribution in [0.15, 0.2) is 107 Å². The van der Waals surface area contributed by atoms with E-state index in [1.54, 1.807) is 0 Å². The van der Waals surface area contributed by atoms with Crippen molar-refractivity contribution in [3.63, 3.8) is 0 Å². The first-order valence-corrected chi connectivity index (χ1v) is 11.6. The zero-order valence-electron chi connectivity index (χ0n) is 18.8. The van der Waals surface area contributed by atoms with Crippen molar-refractivity contribution in [2.24, 2.45) is 9.98 Å². The van der Waals surface area contributed by atoms with Crippen molar-refractivity contribution < 1.29 is 9.47 Å². The van der Waals surface area contributed by atoms with E-state index in [1.807, 2.05) is 12.1 Å². The fraction of sp³-hybridized carbons (Fsp3) is 0.133. The first-order chi connectivity index (χ1) is 16.9. The summed E-state index contributed by atoms with van der Waals surface area (Å²) in [6.45, 7) is 2.55. The minimum absolute atomic E-state index is 0.602. The van der Waals surface area contributed by atoms with Gasteiger partial charge in [-0.3, -0.25) is 0 Å². The van der Waals surface area contributed by atoms with E-state index in [9.17, 15) is 0 Å². The van der Waals surface area contributed by atoms with Crippen LogP contribution in [-0.2, 0) is 9.47 Å². The normalized spacial score (nSPS) is 14.8. The minimum Gasteiger partial charge on any atom is -0.475 e. The number of hydrogen-bond donors (Lipinski definition) is 0. The van der Waals surface area contributed by atoms with Crippen molar-refractivity contribution in [3.8, 4) is 33.4 Å². The fourth-order valence-corrected chi connectivity index (χ4v) is 4.70. The number of rotatable bonds is 5. The van der Waals surface area contributed by atoms with Gasteiger partial charge in [0.05, 0.1) is 24.2 Å². The molecule has 4 aromatic carbocycles. The Morgan fingerprint density at radius 3 is 1.24 bits per heavy atom. The Morgan fingerprint density at radius 1 is 0.441 bits per heavy atom. The number of hydrogen-bond acceptors (Lipinski definition) is 4. The molecule has 0 aliphatic carbocycles. The Balaban J connectivity index is 1.64. The van der Waals surface area contributed by atoms with Gasteiger partial charge in [0.15, 0.2) is 0 Å². The third kappa shape index (κ3) is 3.67. The van der Waals surface area contributed by atoms with E-state index in [4.69, 9.17) is 19.5 Å². The van der Waals surface area contributed by atoms with Gasteiger partial charge < -0.3 is 9.47 Å². The average Bonchev–Trinajstić information content (AvgIpc) is 3.64. The second-order valence-electron chi connectivity index (χ2n) is 8.26. The van der Waals surface area contributed by atoms with E-state index >= 15 is 0 Å². The highest BCUT2D eigenvalue weighted by Crippen LogP contribution is 2.39. The van der Waals surface area contributed by atoms with Gasteiger partial charge in [0, 0.05) is 0 Å². The molecule has 0 N–H and O–H groups in total. The van der Waals surface area contributed by atoms with E-state index < -0.39 is 0 Å². The molecule has 4 aromatic rings. The van der Waals surface area contributed by atoms with Gasteiger partial charge in [-0.15, -0.1) is 0 Å². The number of nitrogens with zero attached hydrogens (tertiary/aromatic N) is 2. The lowest BCUT2D eigenvalue weighted by molar-refractivity contribution is 0.348. The van der Waals surface area contributed by atoms with Crippen LogP contribution in [0.1, 0.15) is 11.1 Å². The van der Waals surface area contributed by atoms with E-state index in [0.29, 0.717) is 38.1 Å². The predicted octanol–water partition coefficient (Wildman–Crippen LogP) is 6.24. The molecule has 2 heterocycles. The summed E-state index contributed by atoms with van der Waals surface area (Å²) in [5, 5.41) is 0. The van der Waals surface area contributed by atoms with Crippen LogP contribution in [0.25, 0.3) is 33.4 Å². The Hall–Kier alpha value is -4.18. The monoisotopic (exact) mass is 444 g/mol. The van der Waals surface area contributed by atoms with Crippen molar-refractivity contribution in [1.29, 1.82) is 0 Å². The van der Waals surface area contributed by atoms with E-state index in [1.165, 1.54) is 0 Å². The quantitative estimate of drug-likeness (QED) is 0.366. The summed E-state index contributed by atoms with van der Waals surface area (Å²) in [6, 6.07) is 33.6. The van der Waals surface area contributed by atoms with Crippen LogP contribution in [-0.4, -0.2) is 38.1 Å². The maximum Gasteiger partial charge on any atom is 0.217 e. The van der Waals surface area contributed by atoms with Gasteiger partial charge in [-0.1, -0.05) is 97.1 Å². The number of aliphatic imine (C=N–C) groups is 2. The zero-order chi connectivity index (χ0) is 22.7. The molecule has 2 aliphatic rings. The maximum absolute atomic E-state index is 6.03. The molecule has 0 saturated carbocycles. The molecule has 6 rings (SSSR count). The van der Waals surface area contributed by atoms with Crippen LogP contribution >= 0.6 is 0 Å². The molecule has 4 heteroatoms. The molecule has 4 nitrogen and oxygen atoms in total. The summed E-state index contributed by atoms with van der Waals surface area (Å²) < 4.78 is 12.1. The Labute approximate surface area is 199 Å². The van der Waals surface area contributed by atoms with Crippen molar-refractivity contribution >= 4 is 11.8 Å². The lowest BCUT2D eigenvalue weighted by Gasteiger charge is -2.20. The molecule has 2 aliphatic heterocycles. The average molecular weight is 445 g/mol. The fourth-order valence-electron chi connectivity index (χ4n) is 4.70. The summed E-state index contributed by atoms with van der Waals surface area (Å²) in [5.74, 6) is 1.39. The third-order valence-electron chi connectivity index (χ3n) is 6.19. The van der Waals surface area contributed by atoms with Gasteiger partial charge in [-0.2, -0.15) is 0 Å². The summed E-state index contributed by atoms with van der Waals surface area (Å²) in [4.78, 5) is 9.44. The zero-order valence-corrected chi connectivity index (χ0v) is 18.8. The molecule has 0 bridgehead atoms. The van der Waals surface area contributed by atoms with Crippen molar-refractivity contribution in [2.75, 3.05) is 26.3 Å². The van der Waals surface area contributed by atoms with Gasteiger partial charge >= 0.3 is 0 Å². The molecular weight excluding hydrogens is 420 g/mol. The van der Waals surface area contributed by atoms with Gasteiger partial charge in [-0.05, 0) is 33.4 Å². The molecule has 0 spiro atoms. The van der Waals surface area contributed by atoms with Crippen LogP contribution in [0.3, 0.4) is 0 Å². The van der Waals surface area contributed by atoms with E-state index in [2.05, 4.69) is 84.9 Å². The SMILES string of the molecule is c1ccc(-c2cccc(-c3cccc(-c4ccccc4)c3C3=NCCO3)c2C2=NCCO2)cc1. The van der Waals surface area contributed by atoms with E-state index in [-0.39, 0.29) is 0 Å². The molecule has 0 aromatic heterocycles. The Kier molecular flexibility index (Phi) is 5.40. The topological polar surface area (TPSA) is 43.2 Å². The standard InChI is InChI=1S/C30H24N2O2/c1-3-9-21(10-4-1)23-13-7-15-25(27(23)29-31-17-19-33-29)26-16-8-14-24(22-11-5-2-6-12-22)28(26)30-32-18-20-34-30/h1-16H,17-20H2. The molecule has 34 heavy (non-hydrogen) atoms. The molecule has 0 amide bonds. The van der Waals surface area contributed by atoms with Crippen molar-refractivity contribution in [3.05, 3.63) is 108 Å². The first kappa shape index (κ1) is 20.4. The molecule has 0 fully saturated rings. The Bertz CT molecular complexity index is 1280. The highest BCUT2D eigenvalue weighted by molar-refractivity contribution is 6.12. The largest absolute Gasteiger partial charge is 0.475 e. The van der Waals surface area contributed by atoms with Gasteiger partial charge in [0.2, 0.25) is 11.8 Å². The summed E-state index contributed by atoms with van der Waals surface area (Å²) in [5.41, 5.74) is 8.61. The number of benzene rings is 4. The first-order valence-electron chi connectivity index (χ1n) is 11.6. The van der Waals surface area contributed by atoms with Crippen LogP contribution < -0.4 is 0 Å². The van der Waals surface area contributed by atoms with Crippen LogP contribution in [0.2, 0.25) is 0 Å². The van der Waals surface area contributed by atoms with Gasteiger partial charge in [0.1, 0.15) is 13.2 Å². The second kappa shape index (κ2) is 8.99. The summed E-state index contributed by atoms with van der Waals surface area (Å²) in [7, 11) is 0. The predicted molar refractivity (Wildman–Crippen MR) is 137 cm³/mol. The van der Waals surface area contributed by atoms with E-state index in [0.717, 1.165) is 44.5 Å². The molecule has 0 unspecified atom stereocenters. The summed E-state index contributed by atoms with van der Waals surface area (Å²) >= 11 is 0.